The molecule has 6 atom stereocenters. The second-order valence-electron chi connectivity index (χ2n) is 9.50. The quantitative estimate of drug-likeness (QED) is 0.278. The first kappa shape index (κ1) is 26.7. The van der Waals surface area contributed by atoms with Gasteiger partial charge in [-0.2, -0.15) is 8.42 Å². The van der Waals surface area contributed by atoms with Gasteiger partial charge in [0.05, 0.1) is 24.2 Å². The predicted molar refractivity (Wildman–Crippen MR) is 142 cm³/mol. The third kappa shape index (κ3) is 6.07. The second-order valence-corrected chi connectivity index (χ2v) is 11.1. The molecule has 0 saturated carbocycles. The molecule has 2 saturated heterocycles. The van der Waals surface area contributed by atoms with E-state index in [-0.39, 0.29) is 18.1 Å². The van der Waals surface area contributed by atoms with Crippen molar-refractivity contribution in [2.75, 3.05) is 6.61 Å². The molecule has 0 bridgehead atoms. The Labute approximate surface area is 224 Å². The molecule has 0 aromatic heterocycles. The van der Waals surface area contributed by atoms with E-state index in [9.17, 15) is 8.42 Å². The fourth-order valence-corrected chi connectivity index (χ4v) is 5.87. The van der Waals surface area contributed by atoms with E-state index in [1.54, 1.807) is 30.3 Å². The molecule has 2 heterocycles. The van der Waals surface area contributed by atoms with Gasteiger partial charge in [0.15, 0.2) is 6.29 Å². The molecule has 0 spiro atoms. The summed E-state index contributed by atoms with van der Waals surface area (Å²) in [7, 11) is -4.15. The zero-order valence-corrected chi connectivity index (χ0v) is 22.0. The third-order valence-corrected chi connectivity index (χ3v) is 8.05. The Bertz CT molecular complexity index is 1300. The molecule has 0 amide bonds. The van der Waals surface area contributed by atoms with Crippen molar-refractivity contribution in [1.29, 1.82) is 0 Å². The van der Waals surface area contributed by atoms with Crippen molar-refractivity contribution in [2.45, 2.75) is 61.7 Å². The summed E-state index contributed by atoms with van der Waals surface area (Å²) in [5.74, 6) is 0. The highest BCUT2D eigenvalue weighted by Gasteiger charge is 2.52. The highest BCUT2D eigenvalue weighted by Crippen LogP contribution is 2.38. The highest BCUT2D eigenvalue weighted by atomic mass is 32.2. The largest absolute Gasteiger partial charge is 0.368 e. The Hall–Kier alpha value is -2.85. The highest BCUT2D eigenvalue weighted by molar-refractivity contribution is 7.86. The molecule has 2 aliphatic rings. The summed E-state index contributed by atoms with van der Waals surface area (Å²) >= 11 is 0. The van der Waals surface area contributed by atoms with E-state index in [2.05, 4.69) is 6.58 Å². The van der Waals surface area contributed by atoms with E-state index >= 15 is 0 Å². The van der Waals surface area contributed by atoms with Crippen LogP contribution in [0.15, 0.2) is 102 Å². The molecule has 0 aliphatic carbocycles. The summed E-state index contributed by atoms with van der Waals surface area (Å²) in [6, 6.07) is 25.7. The van der Waals surface area contributed by atoms with Gasteiger partial charge in [-0.3, -0.25) is 4.18 Å². The normalized spacial score (nSPS) is 27.4. The van der Waals surface area contributed by atoms with Crippen LogP contribution in [0.4, 0.5) is 0 Å². The molecule has 2 fully saturated rings. The van der Waals surface area contributed by atoms with E-state index in [1.807, 2.05) is 67.6 Å². The first-order valence-electron chi connectivity index (χ1n) is 12.7. The van der Waals surface area contributed by atoms with E-state index in [0.717, 1.165) is 16.7 Å². The summed E-state index contributed by atoms with van der Waals surface area (Å²) in [4.78, 5) is 0.0693. The van der Waals surface area contributed by atoms with Gasteiger partial charge in [-0.15, -0.1) is 6.58 Å². The van der Waals surface area contributed by atoms with Crippen LogP contribution in [0.1, 0.15) is 29.4 Å². The van der Waals surface area contributed by atoms with Crippen molar-refractivity contribution >= 4 is 10.1 Å². The van der Waals surface area contributed by atoms with E-state index < -0.39 is 46.9 Å². The van der Waals surface area contributed by atoms with Crippen LogP contribution >= 0.6 is 0 Å². The standard InChI is InChI=1S/C30H32O7S/c1-3-10-25-27(33-19-22-11-6-4-7-12-22)29(37-38(31,32)24-17-15-21(2)16-18-24)28-26(35-25)20-34-30(36-28)23-13-8-5-9-14-23/h3-9,11-18,25-30H,1,10,19-20H2,2H3/t25-,26+,27+,28+,29+,30+/m0/s1. The monoisotopic (exact) mass is 536 g/mol. The fraction of sp³-hybridized carbons (Fsp3) is 0.333. The number of aryl methyl sites for hydroxylation is 1. The molecule has 5 rings (SSSR count). The van der Waals surface area contributed by atoms with Crippen LogP contribution in [0, 0.1) is 6.92 Å². The smallest absolute Gasteiger partial charge is 0.297 e. The zero-order chi connectivity index (χ0) is 26.5. The first-order valence-corrected chi connectivity index (χ1v) is 14.1. The van der Waals surface area contributed by atoms with Gasteiger partial charge < -0.3 is 18.9 Å². The van der Waals surface area contributed by atoms with Crippen LogP contribution in [0.25, 0.3) is 0 Å². The molecule has 0 unspecified atom stereocenters. The van der Waals surface area contributed by atoms with Crippen molar-refractivity contribution < 1.29 is 31.5 Å². The van der Waals surface area contributed by atoms with Gasteiger partial charge in [0, 0.05) is 5.56 Å². The Morgan fingerprint density at radius 3 is 2.29 bits per heavy atom. The zero-order valence-electron chi connectivity index (χ0n) is 21.2. The number of benzene rings is 3. The van der Waals surface area contributed by atoms with Crippen LogP contribution in [0.2, 0.25) is 0 Å². The summed E-state index contributed by atoms with van der Waals surface area (Å²) < 4.78 is 58.0. The minimum absolute atomic E-state index is 0.0693. The minimum atomic E-state index is -4.15. The molecule has 0 N–H and O–H groups in total. The van der Waals surface area contributed by atoms with Gasteiger partial charge in [-0.25, -0.2) is 0 Å². The lowest BCUT2D eigenvalue weighted by Gasteiger charge is -2.48. The maximum Gasteiger partial charge on any atom is 0.297 e. The maximum atomic E-state index is 13.5. The Morgan fingerprint density at radius 2 is 1.61 bits per heavy atom. The lowest BCUT2D eigenvalue weighted by atomic mass is 9.92. The maximum absolute atomic E-state index is 13.5. The van der Waals surface area contributed by atoms with Crippen molar-refractivity contribution in [3.05, 3.63) is 114 Å². The van der Waals surface area contributed by atoms with Crippen molar-refractivity contribution in [3.8, 4) is 0 Å². The summed E-state index contributed by atoms with van der Waals surface area (Å²) in [6.07, 6.45) is -2.06. The average molecular weight is 537 g/mol. The molecule has 2 aliphatic heterocycles. The van der Waals surface area contributed by atoms with Crippen LogP contribution in [0.5, 0.6) is 0 Å². The molecular formula is C30H32O7S. The minimum Gasteiger partial charge on any atom is -0.368 e. The van der Waals surface area contributed by atoms with Crippen LogP contribution in [0.3, 0.4) is 0 Å². The van der Waals surface area contributed by atoms with E-state index in [1.165, 1.54) is 0 Å². The van der Waals surface area contributed by atoms with E-state index in [4.69, 9.17) is 23.1 Å². The topological polar surface area (TPSA) is 80.3 Å². The lowest BCUT2D eigenvalue weighted by molar-refractivity contribution is -0.328. The molecule has 0 radical (unpaired) electrons. The van der Waals surface area contributed by atoms with E-state index in [0.29, 0.717) is 6.42 Å². The van der Waals surface area contributed by atoms with Gasteiger partial charge in [0.1, 0.15) is 24.4 Å². The number of rotatable bonds is 9. The summed E-state index contributed by atoms with van der Waals surface area (Å²) in [6.45, 7) is 6.23. The Morgan fingerprint density at radius 1 is 0.921 bits per heavy atom. The number of hydrogen-bond acceptors (Lipinski definition) is 7. The molecule has 38 heavy (non-hydrogen) atoms. The first-order chi connectivity index (χ1) is 18.4. The van der Waals surface area contributed by atoms with Crippen molar-refractivity contribution in [1.82, 2.24) is 0 Å². The molecule has 200 valence electrons. The lowest BCUT2D eigenvalue weighted by Crippen LogP contribution is -2.63. The number of hydrogen-bond donors (Lipinski definition) is 0. The van der Waals surface area contributed by atoms with Crippen molar-refractivity contribution in [3.63, 3.8) is 0 Å². The van der Waals surface area contributed by atoms with Gasteiger partial charge in [-0.05, 0) is 31.0 Å². The third-order valence-electron chi connectivity index (χ3n) is 6.73. The Kier molecular flexibility index (Phi) is 8.38. The summed E-state index contributed by atoms with van der Waals surface area (Å²) in [5, 5.41) is 0. The molecule has 8 heteroatoms. The van der Waals surface area contributed by atoms with Crippen LogP contribution in [-0.2, 0) is 39.9 Å². The second kappa shape index (κ2) is 11.9. The Balaban J connectivity index is 1.48. The molecule has 3 aromatic carbocycles. The van der Waals surface area contributed by atoms with Gasteiger partial charge in [0.25, 0.3) is 10.1 Å². The van der Waals surface area contributed by atoms with Gasteiger partial charge >= 0.3 is 0 Å². The summed E-state index contributed by atoms with van der Waals surface area (Å²) in [5.41, 5.74) is 2.71. The molecule has 3 aromatic rings. The predicted octanol–water partition coefficient (Wildman–Crippen LogP) is 5.11. The molecule has 7 nitrogen and oxygen atoms in total. The molecular weight excluding hydrogens is 504 g/mol. The number of fused-ring (bicyclic) bond motifs is 1. The number of ether oxygens (including phenoxy) is 4. The SMILES string of the molecule is C=CC[C@@H]1O[C@@H]2CO[C@@H](c3ccccc3)O[C@H]2[C@H](OS(=O)(=O)c2ccc(C)cc2)[C@@H]1OCc1ccccc1. The fourth-order valence-electron chi connectivity index (χ4n) is 4.78. The van der Waals surface area contributed by atoms with Crippen LogP contribution in [-0.4, -0.2) is 45.5 Å². The van der Waals surface area contributed by atoms with Crippen LogP contribution < -0.4 is 0 Å². The average Bonchev–Trinajstić information content (AvgIpc) is 2.94. The van der Waals surface area contributed by atoms with Gasteiger partial charge in [0.2, 0.25) is 0 Å². The van der Waals surface area contributed by atoms with Crippen molar-refractivity contribution in [2.24, 2.45) is 0 Å². The van der Waals surface area contributed by atoms with Gasteiger partial charge in [-0.1, -0.05) is 84.4 Å².